The Morgan fingerprint density at radius 3 is 2.86 bits per heavy atom. The van der Waals surface area contributed by atoms with Gasteiger partial charge in [0.05, 0.1) is 11.3 Å². The fourth-order valence-corrected chi connectivity index (χ4v) is 1.19. The SMILES string of the molecule is CCc1ncc(C=O)cc1C(=O)NC. The van der Waals surface area contributed by atoms with Gasteiger partial charge in [0.15, 0.2) is 6.29 Å². The van der Waals surface area contributed by atoms with Crippen molar-refractivity contribution in [1.82, 2.24) is 10.3 Å². The number of nitrogens with zero attached hydrogens (tertiary/aromatic N) is 1. The third-order valence-electron chi connectivity index (χ3n) is 1.93. The fraction of sp³-hybridized carbons (Fsp3) is 0.300. The Hall–Kier alpha value is -1.71. The minimum Gasteiger partial charge on any atom is -0.355 e. The zero-order valence-corrected chi connectivity index (χ0v) is 8.20. The zero-order valence-electron chi connectivity index (χ0n) is 8.20. The first kappa shape index (κ1) is 10.4. The van der Waals surface area contributed by atoms with Gasteiger partial charge in [0.1, 0.15) is 0 Å². The quantitative estimate of drug-likeness (QED) is 0.721. The molecular weight excluding hydrogens is 180 g/mol. The molecule has 4 heteroatoms. The van der Waals surface area contributed by atoms with Crippen molar-refractivity contribution in [3.8, 4) is 0 Å². The molecule has 0 aromatic carbocycles. The molecular formula is C10H12N2O2. The number of rotatable bonds is 3. The number of carbonyl (C=O) groups excluding carboxylic acids is 2. The summed E-state index contributed by atoms with van der Waals surface area (Å²) in [5.74, 6) is -0.210. The van der Waals surface area contributed by atoms with Gasteiger partial charge in [0, 0.05) is 18.8 Å². The number of nitrogens with one attached hydrogen (secondary N) is 1. The molecule has 1 aromatic heterocycles. The van der Waals surface area contributed by atoms with E-state index in [9.17, 15) is 9.59 Å². The number of aldehydes is 1. The second-order valence-corrected chi connectivity index (χ2v) is 2.81. The van der Waals surface area contributed by atoms with Gasteiger partial charge in [0.2, 0.25) is 0 Å². The molecule has 1 amide bonds. The Kier molecular flexibility index (Phi) is 3.34. The lowest BCUT2D eigenvalue weighted by Crippen LogP contribution is -2.20. The summed E-state index contributed by atoms with van der Waals surface area (Å²) in [4.78, 5) is 25.9. The Labute approximate surface area is 82.3 Å². The van der Waals surface area contributed by atoms with Crippen molar-refractivity contribution in [3.05, 3.63) is 29.1 Å². The van der Waals surface area contributed by atoms with Crippen LogP contribution in [0, 0.1) is 0 Å². The molecule has 0 aliphatic rings. The normalized spacial score (nSPS) is 9.57. The first-order valence-corrected chi connectivity index (χ1v) is 4.39. The van der Waals surface area contributed by atoms with Gasteiger partial charge in [0.25, 0.3) is 5.91 Å². The highest BCUT2D eigenvalue weighted by molar-refractivity contribution is 5.96. The molecule has 0 aliphatic carbocycles. The van der Waals surface area contributed by atoms with Crippen LogP contribution in [-0.4, -0.2) is 24.2 Å². The monoisotopic (exact) mass is 192 g/mol. The summed E-state index contributed by atoms with van der Waals surface area (Å²) >= 11 is 0. The van der Waals surface area contributed by atoms with E-state index in [0.29, 0.717) is 29.5 Å². The molecule has 0 fully saturated rings. The zero-order chi connectivity index (χ0) is 10.6. The van der Waals surface area contributed by atoms with E-state index in [2.05, 4.69) is 10.3 Å². The van der Waals surface area contributed by atoms with Gasteiger partial charge < -0.3 is 5.32 Å². The third-order valence-corrected chi connectivity index (χ3v) is 1.93. The Bertz CT molecular complexity index is 361. The summed E-state index contributed by atoms with van der Waals surface area (Å²) in [6, 6.07) is 1.55. The largest absolute Gasteiger partial charge is 0.355 e. The van der Waals surface area contributed by atoms with Crippen LogP contribution in [0.5, 0.6) is 0 Å². The molecule has 0 atom stereocenters. The average molecular weight is 192 g/mol. The number of carbonyl (C=O) groups is 2. The average Bonchev–Trinajstić information content (AvgIpc) is 2.27. The van der Waals surface area contributed by atoms with Crippen molar-refractivity contribution < 1.29 is 9.59 Å². The number of pyridine rings is 1. The standard InChI is InChI=1S/C10H12N2O2/c1-3-9-8(10(14)11-2)4-7(6-13)5-12-9/h4-6H,3H2,1-2H3,(H,11,14). The van der Waals surface area contributed by atoms with E-state index < -0.39 is 0 Å². The Balaban J connectivity index is 3.21. The highest BCUT2D eigenvalue weighted by Gasteiger charge is 2.10. The maximum absolute atomic E-state index is 11.4. The van der Waals surface area contributed by atoms with Crippen LogP contribution in [0.2, 0.25) is 0 Å². The summed E-state index contributed by atoms with van der Waals surface area (Å²) in [6.45, 7) is 1.91. The molecule has 0 saturated carbocycles. The third kappa shape index (κ3) is 1.96. The van der Waals surface area contributed by atoms with Gasteiger partial charge in [-0.1, -0.05) is 6.92 Å². The molecule has 4 nitrogen and oxygen atoms in total. The number of aryl methyl sites for hydroxylation is 1. The molecule has 0 radical (unpaired) electrons. The smallest absolute Gasteiger partial charge is 0.252 e. The van der Waals surface area contributed by atoms with Crippen molar-refractivity contribution in [1.29, 1.82) is 0 Å². The second-order valence-electron chi connectivity index (χ2n) is 2.81. The van der Waals surface area contributed by atoms with E-state index in [1.54, 1.807) is 13.1 Å². The van der Waals surface area contributed by atoms with Gasteiger partial charge in [-0.05, 0) is 12.5 Å². The van der Waals surface area contributed by atoms with E-state index in [-0.39, 0.29) is 5.91 Å². The van der Waals surface area contributed by atoms with Gasteiger partial charge in [-0.3, -0.25) is 14.6 Å². The van der Waals surface area contributed by atoms with Gasteiger partial charge in [-0.25, -0.2) is 0 Å². The molecule has 1 aromatic rings. The Morgan fingerprint density at radius 2 is 2.36 bits per heavy atom. The number of hydrogen-bond acceptors (Lipinski definition) is 3. The van der Waals surface area contributed by atoms with Crippen LogP contribution in [0.25, 0.3) is 0 Å². The van der Waals surface area contributed by atoms with E-state index >= 15 is 0 Å². The predicted octanol–water partition coefficient (Wildman–Crippen LogP) is 0.816. The summed E-state index contributed by atoms with van der Waals surface area (Å²) in [6.07, 6.45) is 2.82. The molecule has 0 spiro atoms. The first-order chi connectivity index (χ1) is 6.72. The Morgan fingerprint density at radius 1 is 1.64 bits per heavy atom. The maximum atomic E-state index is 11.4. The topological polar surface area (TPSA) is 59.1 Å². The molecule has 0 bridgehead atoms. The molecule has 14 heavy (non-hydrogen) atoms. The summed E-state index contributed by atoms with van der Waals surface area (Å²) in [5, 5.41) is 2.51. The molecule has 1 N–H and O–H groups in total. The lowest BCUT2D eigenvalue weighted by atomic mass is 10.1. The molecule has 74 valence electrons. The van der Waals surface area contributed by atoms with Crippen LogP contribution in [0.15, 0.2) is 12.3 Å². The van der Waals surface area contributed by atoms with E-state index in [0.717, 1.165) is 0 Å². The molecule has 0 unspecified atom stereocenters. The van der Waals surface area contributed by atoms with Crippen LogP contribution in [0.4, 0.5) is 0 Å². The molecule has 1 heterocycles. The van der Waals surface area contributed by atoms with Crippen molar-refractivity contribution in [2.24, 2.45) is 0 Å². The van der Waals surface area contributed by atoms with Crippen LogP contribution in [-0.2, 0) is 6.42 Å². The van der Waals surface area contributed by atoms with Crippen molar-refractivity contribution in [2.45, 2.75) is 13.3 Å². The number of aromatic nitrogens is 1. The molecule has 1 rings (SSSR count). The van der Waals surface area contributed by atoms with Crippen LogP contribution in [0.3, 0.4) is 0 Å². The van der Waals surface area contributed by atoms with E-state index in [4.69, 9.17) is 0 Å². The molecule has 0 aliphatic heterocycles. The summed E-state index contributed by atoms with van der Waals surface area (Å²) in [5.41, 5.74) is 1.59. The highest BCUT2D eigenvalue weighted by atomic mass is 16.1. The lowest BCUT2D eigenvalue weighted by Gasteiger charge is -2.05. The van der Waals surface area contributed by atoms with Crippen molar-refractivity contribution in [2.75, 3.05) is 7.05 Å². The van der Waals surface area contributed by atoms with Crippen molar-refractivity contribution in [3.63, 3.8) is 0 Å². The molecule has 0 saturated heterocycles. The highest BCUT2D eigenvalue weighted by Crippen LogP contribution is 2.08. The second kappa shape index (κ2) is 4.50. The summed E-state index contributed by atoms with van der Waals surface area (Å²) < 4.78 is 0. The van der Waals surface area contributed by atoms with Crippen LogP contribution < -0.4 is 5.32 Å². The van der Waals surface area contributed by atoms with E-state index in [1.165, 1.54) is 6.20 Å². The summed E-state index contributed by atoms with van der Waals surface area (Å²) in [7, 11) is 1.55. The minimum absolute atomic E-state index is 0.210. The fourth-order valence-electron chi connectivity index (χ4n) is 1.19. The maximum Gasteiger partial charge on any atom is 0.252 e. The van der Waals surface area contributed by atoms with E-state index in [1.807, 2.05) is 6.92 Å². The minimum atomic E-state index is -0.210. The van der Waals surface area contributed by atoms with Crippen LogP contribution in [0.1, 0.15) is 33.3 Å². The lowest BCUT2D eigenvalue weighted by molar-refractivity contribution is 0.0961. The number of amides is 1. The predicted molar refractivity (Wildman–Crippen MR) is 52.4 cm³/mol. The van der Waals surface area contributed by atoms with Gasteiger partial charge in [-0.15, -0.1) is 0 Å². The first-order valence-electron chi connectivity index (χ1n) is 4.39. The number of hydrogen-bond donors (Lipinski definition) is 1. The van der Waals surface area contributed by atoms with Crippen LogP contribution >= 0.6 is 0 Å². The van der Waals surface area contributed by atoms with Gasteiger partial charge >= 0.3 is 0 Å². The van der Waals surface area contributed by atoms with Gasteiger partial charge in [-0.2, -0.15) is 0 Å². The van der Waals surface area contributed by atoms with Crippen molar-refractivity contribution >= 4 is 12.2 Å².